The summed E-state index contributed by atoms with van der Waals surface area (Å²) in [6, 6.07) is 20.6. The highest BCUT2D eigenvalue weighted by atomic mass is 28.2. The molecule has 0 saturated heterocycles. The number of carbonyl (C=O) groups is 1. The van der Waals surface area contributed by atoms with Gasteiger partial charge in [-0.25, -0.2) is 0 Å². The number of hydrogen-bond acceptors (Lipinski definition) is 1. The number of carboxylic acids is 1. The molecular formula is C17H20O2Si. The van der Waals surface area contributed by atoms with E-state index in [9.17, 15) is 9.90 Å². The second-order valence-electron chi connectivity index (χ2n) is 5.05. The third kappa shape index (κ3) is 3.58. The molecular weight excluding hydrogens is 264 g/mol. The molecule has 2 aromatic carbocycles. The summed E-state index contributed by atoms with van der Waals surface area (Å²) in [6.07, 6.45) is 0.720. The fourth-order valence-electron chi connectivity index (χ4n) is 2.56. The number of benzene rings is 2. The van der Waals surface area contributed by atoms with Crippen LogP contribution in [0, 0.1) is 0 Å². The van der Waals surface area contributed by atoms with E-state index in [4.69, 9.17) is 0 Å². The topological polar surface area (TPSA) is 37.3 Å². The maximum absolute atomic E-state index is 11.4. The van der Waals surface area contributed by atoms with E-state index in [0.717, 1.165) is 6.42 Å². The lowest BCUT2D eigenvalue weighted by Gasteiger charge is -2.21. The molecule has 1 unspecified atom stereocenters. The Morgan fingerprint density at radius 2 is 1.45 bits per heavy atom. The van der Waals surface area contributed by atoms with Crippen molar-refractivity contribution in [2.24, 2.45) is 0 Å². The van der Waals surface area contributed by atoms with Gasteiger partial charge in [-0.15, -0.1) is 0 Å². The van der Waals surface area contributed by atoms with Crippen molar-refractivity contribution in [1.82, 2.24) is 0 Å². The second-order valence-corrected chi connectivity index (χ2v) is 7.33. The van der Waals surface area contributed by atoms with Gasteiger partial charge in [-0.05, 0) is 23.1 Å². The van der Waals surface area contributed by atoms with Gasteiger partial charge in [0.25, 0.3) is 0 Å². The van der Waals surface area contributed by atoms with Gasteiger partial charge in [0.2, 0.25) is 0 Å². The van der Waals surface area contributed by atoms with Crippen LogP contribution in [0.25, 0.3) is 0 Å². The van der Waals surface area contributed by atoms with Gasteiger partial charge in [0.15, 0.2) is 0 Å². The van der Waals surface area contributed by atoms with Crippen LogP contribution in [-0.2, 0) is 4.79 Å². The first-order chi connectivity index (χ1) is 9.72. The van der Waals surface area contributed by atoms with Gasteiger partial charge in [-0.2, -0.15) is 0 Å². The molecule has 2 nitrogen and oxygen atoms in total. The third-order valence-electron chi connectivity index (χ3n) is 3.77. The molecule has 0 aliphatic rings. The smallest absolute Gasteiger partial charge is 0.303 e. The van der Waals surface area contributed by atoms with Crippen molar-refractivity contribution in [2.45, 2.75) is 24.4 Å². The Kier molecular flexibility index (Phi) is 5.13. The summed E-state index contributed by atoms with van der Waals surface area (Å²) >= 11 is 0. The van der Waals surface area contributed by atoms with E-state index in [0.29, 0.717) is 0 Å². The van der Waals surface area contributed by atoms with Crippen molar-refractivity contribution in [2.75, 3.05) is 0 Å². The maximum Gasteiger partial charge on any atom is 0.303 e. The average Bonchev–Trinajstić information content (AvgIpc) is 2.50. The molecule has 0 saturated carbocycles. The first kappa shape index (κ1) is 14.5. The van der Waals surface area contributed by atoms with Gasteiger partial charge >= 0.3 is 5.97 Å². The van der Waals surface area contributed by atoms with Crippen LogP contribution in [0.4, 0.5) is 0 Å². The Morgan fingerprint density at radius 1 is 1.00 bits per heavy atom. The molecule has 2 rings (SSSR count). The van der Waals surface area contributed by atoms with Gasteiger partial charge in [0.1, 0.15) is 0 Å². The van der Waals surface area contributed by atoms with E-state index in [2.05, 4.69) is 24.3 Å². The monoisotopic (exact) mass is 284 g/mol. The molecule has 0 heterocycles. The Morgan fingerprint density at radius 3 is 1.80 bits per heavy atom. The number of aliphatic carboxylic acids is 1. The average molecular weight is 284 g/mol. The Balaban J connectivity index is 2.32. The summed E-state index contributed by atoms with van der Waals surface area (Å²) in [7, 11) is -0.804. The summed E-state index contributed by atoms with van der Waals surface area (Å²) in [5.74, 6) is -0.643. The van der Waals surface area contributed by atoms with Crippen molar-refractivity contribution in [3.8, 4) is 0 Å². The quantitative estimate of drug-likeness (QED) is 0.827. The zero-order chi connectivity index (χ0) is 14.4. The molecule has 1 N–H and O–H groups in total. The van der Waals surface area contributed by atoms with Crippen molar-refractivity contribution >= 4 is 15.5 Å². The van der Waals surface area contributed by atoms with Crippen molar-refractivity contribution < 1.29 is 9.90 Å². The maximum atomic E-state index is 11.4. The van der Waals surface area contributed by atoms with Gasteiger partial charge in [-0.1, -0.05) is 67.6 Å². The van der Waals surface area contributed by atoms with Crippen LogP contribution in [0.15, 0.2) is 60.7 Å². The first-order valence-electron chi connectivity index (χ1n) is 7.05. The lowest BCUT2D eigenvalue weighted by atomic mass is 10.0. The minimum atomic E-state index is -0.804. The molecule has 0 radical (unpaired) electrons. The van der Waals surface area contributed by atoms with Crippen LogP contribution in [0.1, 0.15) is 30.0 Å². The fourth-order valence-corrected chi connectivity index (χ4v) is 4.75. The van der Waals surface area contributed by atoms with Gasteiger partial charge in [-0.3, -0.25) is 4.79 Å². The van der Waals surface area contributed by atoms with Crippen LogP contribution in [0.3, 0.4) is 0 Å². The molecule has 1 atom stereocenters. The predicted octanol–water partition coefficient (Wildman–Crippen LogP) is 3.23. The van der Waals surface area contributed by atoms with Gasteiger partial charge in [0.05, 0.1) is 9.52 Å². The van der Waals surface area contributed by atoms with Gasteiger partial charge in [0, 0.05) is 5.54 Å². The van der Waals surface area contributed by atoms with E-state index in [1.807, 2.05) is 43.3 Å². The zero-order valence-electron chi connectivity index (χ0n) is 11.7. The normalized spacial score (nSPS) is 12.9. The summed E-state index contributed by atoms with van der Waals surface area (Å²) in [5.41, 5.74) is 2.59. The van der Waals surface area contributed by atoms with Crippen LogP contribution in [-0.4, -0.2) is 20.6 Å². The Labute approximate surface area is 122 Å². The highest BCUT2D eigenvalue weighted by Gasteiger charge is 2.23. The van der Waals surface area contributed by atoms with E-state index in [1.165, 1.54) is 11.1 Å². The predicted molar refractivity (Wildman–Crippen MR) is 84.9 cm³/mol. The molecule has 0 amide bonds. The summed E-state index contributed by atoms with van der Waals surface area (Å²) < 4.78 is 0. The van der Waals surface area contributed by atoms with E-state index < -0.39 is 15.5 Å². The minimum absolute atomic E-state index is 0.166. The van der Waals surface area contributed by atoms with Crippen molar-refractivity contribution in [3.05, 3.63) is 71.8 Å². The van der Waals surface area contributed by atoms with Gasteiger partial charge < -0.3 is 5.11 Å². The Bertz CT molecular complexity index is 500. The van der Waals surface area contributed by atoms with E-state index in [1.54, 1.807) is 0 Å². The lowest BCUT2D eigenvalue weighted by molar-refractivity contribution is -0.137. The summed E-state index contributed by atoms with van der Waals surface area (Å²) in [5, 5.41) is 9.35. The molecule has 104 valence electrons. The van der Waals surface area contributed by atoms with Crippen molar-refractivity contribution in [1.29, 1.82) is 0 Å². The van der Waals surface area contributed by atoms with E-state index >= 15 is 0 Å². The number of carboxylic acid groups (broad SMARTS) is 1. The molecule has 3 heteroatoms. The summed E-state index contributed by atoms with van der Waals surface area (Å²) in [4.78, 5) is 11.4. The summed E-state index contributed by atoms with van der Waals surface area (Å²) in [6.45, 7) is 1.97. The highest BCUT2D eigenvalue weighted by molar-refractivity contribution is 6.46. The van der Waals surface area contributed by atoms with Crippen LogP contribution in [0.5, 0.6) is 0 Å². The zero-order valence-corrected chi connectivity index (χ0v) is 13.1. The van der Waals surface area contributed by atoms with Crippen LogP contribution in [0.2, 0.25) is 5.54 Å². The largest absolute Gasteiger partial charge is 0.481 e. The van der Waals surface area contributed by atoms with Crippen molar-refractivity contribution in [3.63, 3.8) is 0 Å². The SMILES string of the molecule is CCC([SiH2]C(c1ccccc1)c1ccccc1)C(=O)O. The molecule has 2 aromatic rings. The number of rotatable bonds is 6. The fraction of sp³-hybridized carbons (Fsp3) is 0.235. The molecule has 0 spiro atoms. The van der Waals surface area contributed by atoms with E-state index in [-0.39, 0.29) is 11.1 Å². The molecule has 0 aromatic heterocycles. The molecule has 20 heavy (non-hydrogen) atoms. The molecule has 0 aliphatic heterocycles. The third-order valence-corrected chi connectivity index (χ3v) is 6.68. The minimum Gasteiger partial charge on any atom is -0.481 e. The first-order valence-corrected chi connectivity index (χ1v) is 8.68. The highest BCUT2D eigenvalue weighted by Crippen LogP contribution is 2.28. The van der Waals surface area contributed by atoms with Crippen LogP contribution >= 0.6 is 0 Å². The Hall–Kier alpha value is -1.87. The number of hydrogen-bond donors (Lipinski definition) is 1. The lowest BCUT2D eigenvalue weighted by Crippen LogP contribution is -2.21. The molecule has 0 bridgehead atoms. The standard InChI is InChI=1S/C17H20O2Si/c1-2-15(17(18)19)20-16(13-9-5-3-6-10-13)14-11-7-4-8-12-14/h3-12,15-16H,2,20H2,1H3,(H,18,19). The second kappa shape index (κ2) is 7.06. The molecule has 0 aliphatic carbocycles. The van der Waals surface area contributed by atoms with Crippen LogP contribution < -0.4 is 0 Å². The molecule has 0 fully saturated rings.